The van der Waals surface area contributed by atoms with E-state index < -0.39 is 11.0 Å². The van der Waals surface area contributed by atoms with Gasteiger partial charge in [0.1, 0.15) is 16.7 Å². The van der Waals surface area contributed by atoms with Gasteiger partial charge in [0.15, 0.2) is 0 Å². The standard InChI is InChI=1S/C26H37N3O3S/c1-19-14-24(32-6)15-20(2)26(19)33(31)28(5)12-7-8-25(30)29-13-11-22-10-9-21(17-27(3)4)16-23(22)18-29/h9-10,14-16H,7-8,11-13,17-18H2,1-6H3. The zero-order valence-corrected chi connectivity index (χ0v) is 21.6. The van der Waals surface area contributed by atoms with Crippen molar-refractivity contribution in [3.05, 3.63) is 58.1 Å². The van der Waals surface area contributed by atoms with Crippen molar-refractivity contribution in [1.82, 2.24) is 14.1 Å². The summed E-state index contributed by atoms with van der Waals surface area (Å²) in [5.74, 6) is 0.950. The minimum atomic E-state index is -1.27. The summed E-state index contributed by atoms with van der Waals surface area (Å²) in [5.41, 5.74) is 5.79. The van der Waals surface area contributed by atoms with E-state index in [9.17, 15) is 9.00 Å². The van der Waals surface area contributed by atoms with Gasteiger partial charge in [-0.3, -0.25) is 4.79 Å². The summed E-state index contributed by atoms with van der Waals surface area (Å²) in [6.45, 7) is 6.86. The van der Waals surface area contributed by atoms with Gasteiger partial charge in [-0.25, -0.2) is 8.51 Å². The number of amides is 1. The fourth-order valence-corrected chi connectivity index (χ4v) is 5.72. The van der Waals surface area contributed by atoms with Gasteiger partial charge in [-0.2, -0.15) is 0 Å². The fourth-order valence-electron chi connectivity index (χ4n) is 4.44. The van der Waals surface area contributed by atoms with Crippen LogP contribution in [0.15, 0.2) is 35.2 Å². The quantitative estimate of drug-likeness (QED) is 0.560. The summed E-state index contributed by atoms with van der Waals surface area (Å²) in [4.78, 5) is 17.8. The first-order valence-corrected chi connectivity index (χ1v) is 12.6. The highest BCUT2D eigenvalue weighted by molar-refractivity contribution is 7.82. The minimum absolute atomic E-state index is 0.176. The highest BCUT2D eigenvalue weighted by Gasteiger charge is 2.22. The van der Waals surface area contributed by atoms with Crippen molar-refractivity contribution >= 4 is 16.9 Å². The lowest BCUT2D eigenvalue weighted by Crippen LogP contribution is -2.36. The number of nitrogens with zero attached hydrogens (tertiary/aromatic N) is 3. The molecule has 0 saturated carbocycles. The lowest BCUT2D eigenvalue weighted by molar-refractivity contribution is -0.132. The molecule has 3 rings (SSSR count). The van der Waals surface area contributed by atoms with Gasteiger partial charge in [-0.05, 0) is 80.7 Å². The van der Waals surface area contributed by atoms with Gasteiger partial charge in [-0.15, -0.1) is 0 Å². The zero-order valence-electron chi connectivity index (χ0n) is 20.8. The minimum Gasteiger partial charge on any atom is -0.497 e. The van der Waals surface area contributed by atoms with Crippen LogP contribution in [0, 0.1) is 13.8 Å². The van der Waals surface area contributed by atoms with Crippen LogP contribution in [0.25, 0.3) is 0 Å². The average molecular weight is 472 g/mol. The molecule has 1 amide bonds. The summed E-state index contributed by atoms with van der Waals surface area (Å²) < 4.78 is 20.2. The largest absolute Gasteiger partial charge is 0.497 e. The predicted molar refractivity (Wildman–Crippen MR) is 134 cm³/mol. The third-order valence-corrected chi connectivity index (χ3v) is 7.87. The number of aryl methyl sites for hydroxylation is 2. The number of hydrogen-bond donors (Lipinski definition) is 0. The maximum Gasteiger partial charge on any atom is 0.222 e. The molecule has 6 nitrogen and oxygen atoms in total. The molecule has 1 atom stereocenters. The topological polar surface area (TPSA) is 53.1 Å². The van der Waals surface area contributed by atoms with Gasteiger partial charge in [0.2, 0.25) is 5.91 Å². The van der Waals surface area contributed by atoms with Crippen LogP contribution in [0.5, 0.6) is 5.75 Å². The predicted octanol–water partition coefficient (Wildman–Crippen LogP) is 3.69. The number of carbonyl (C=O) groups excluding carboxylic acids is 1. The third kappa shape index (κ3) is 6.43. The van der Waals surface area contributed by atoms with Crippen LogP contribution < -0.4 is 4.74 Å². The smallest absolute Gasteiger partial charge is 0.222 e. The van der Waals surface area contributed by atoms with Gasteiger partial charge < -0.3 is 14.5 Å². The highest BCUT2D eigenvalue weighted by atomic mass is 32.2. The van der Waals surface area contributed by atoms with Crippen LogP contribution in [-0.2, 0) is 35.3 Å². The number of methoxy groups -OCH3 is 1. The molecule has 1 unspecified atom stereocenters. The monoisotopic (exact) mass is 471 g/mol. The molecule has 1 heterocycles. The van der Waals surface area contributed by atoms with Crippen molar-refractivity contribution in [1.29, 1.82) is 0 Å². The van der Waals surface area contributed by atoms with Crippen LogP contribution in [0.3, 0.4) is 0 Å². The van der Waals surface area contributed by atoms with Crippen LogP contribution in [0.1, 0.15) is 40.7 Å². The van der Waals surface area contributed by atoms with E-state index in [0.29, 0.717) is 25.9 Å². The molecule has 0 radical (unpaired) electrons. The van der Waals surface area contributed by atoms with Gasteiger partial charge in [0, 0.05) is 39.6 Å². The van der Waals surface area contributed by atoms with E-state index in [4.69, 9.17) is 4.74 Å². The van der Waals surface area contributed by atoms with Crippen molar-refractivity contribution in [3.63, 3.8) is 0 Å². The second-order valence-electron chi connectivity index (χ2n) is 9.20. The summed E-state index contributed by atoms with van der Waals surface area (Å²) >= 11 is 0. The second kappa shape index (κ2) is 11.3. The van der Waals surface area contributed by atoms with E-state index in [-0.39, 0.29) is 5.91 Å². The summed E-state index contributed by atoms with van der Waals surface area (Å²) in [7, 11) is 6.35. The summed E-state index contributed by atoms with van der Waals surface area (Å²) in [5, 5.41) is 0. The van der Waals surface area contributed by atoms with Crippen molar-refractivity contribution in [2.24, 2.45) is 0 Å². The molecule has 2 aromatic carbocycles. The summed E-state index contributed by atoms with van der Waals surface area (Å²) in [6, 6.07) is 10.5. The lowest BCUT2D eigenvalue weighted by Gasteiger charge is -2.30. The molecule has 0 spiro atoms. The van der Waals surface area contributed by atoms with Crippen molar-refractivity contribution < 1.29 is 13.7 Å². The Bertz CT molecular complexity index is 999. The molecule has 7 heteroatoms. The molecular formula is C26H37N3O3S. The Morgan fingerprint density at radius 1 is 1.09 bits per heavy atom. The molecule has 1 aliphatic rings. The Hall–Kier alpha value is -2.22. The maximum atomic E-state index is 13.1. The SMILES string of the molecule is COc1cc(C)c(S(=O)N(C)CCCC(=O)N2CCc3ccc(CN(C)C)cc3C2)c(C)c1. The third-order valence-electron chi connectivity index (χ3n) is 6.13. The zero-order chi connectivity index (χ0) is 24.1. The Morgan fingerprint density at radius 3 is 2.42 bits per heavy atom. The number of ether oxygens (including phenoxy) is 1. The first kappa shape index (κ1) is 25.4. The van der Waals surface area contributed by atoms with Gasteiger partial charge in [-0.1, -0.05) is 18.2 Å². The van der Waals surface area contributed by atoms with Crippen LogP contribution >= 0.6 is 0 Å². The highest BCUT2D eigenvalue weighted by Crippen LogP contribution is 2.26. The van der Waals surface area contributed by atoms with Gasteiger partial charge in [0.25, 0.3) is 0 Å². The normalized spacial score (nSPS) is 14.5. The molecule has 0 bridgehead atoms. The van der Waals surface area contributed by atoms with E-state index in [0.717, 1.165) is 41.3 Å². The Kier molecular flexibility index (Phi) is 8.68. The molecular weight excluding hydrogens is 434 g/mol. The first-order valence-electron chi connectivity index (χ1n) is 11.5. The summed E-state index contributed by atoms with van der Waals surface area (Å²) in [6.07, 6.45) is 2.05. The van der Waals surface area contributed by atoms with E-state index >= 15 is 0 Å². The molecule has 0 N–H and O–H groups in total. The number of fused-ring (bicyclic) bond motifs is 1. The van der Waals surface area contributed by atoms with Crippen LogP contribution in [-0.4, -0.2) is 65.6 Å². The number of benzene rings is 2. The Balaban J connectivity index is 1.54. The van der Waals surface area contributed by atoms with Crippen LogP contribution in [0.2, 0.25) is 0 Å². The van der Waals surface area contributed by atoms with Gasteiger partial charge >= 0.3 is 0 Å². The molecule has 0 aromatic heterocycles. The average Bonchev–Trinajstić information content (AvgIpc) is 2.77. The van der Waals surface area contributed by atoms with Gasteiger partial charge in [0.05, 0.1) is 12.0 Å². The second-order valence-corrected chi connectivity index (χ2v) is 10.7. The maximum absolute atomic E-state index is 13.1. The number of hydrogen-bond acceptors (Lipinski definition) is 4. The Morgan fingerprint density at radius 2 is 1.79 bits per heavy atom. The number of carbonyl (C=O) groups is 1. The molecule has 0 fully saturated rings. The van der Waals surface area contributed by atoms with Crippen LogP contribution in [0.4, 0.5) is 0 Å². The first-order chi connectivity index (χ1) is 15.7. The van der Waals surface area contributed by atoms with Crippen molar-refractivity contribution in [3.8, 4) is 5.75 Å². The molecule has 180 valence electrons. The van der Waals surface area contributed by atoms with Crippen molar-refractivity contribution in [2.45, 2.75) is 51.1 Å². The van der Waals surface area contributed by atoms with E-state index in [2.05, 4.69) is 37.2 Å². The fraction of sp³-hybridized carbons (Fsp3) is 0.500. The lowest BCUT2D eigenvalue weighted by atomic mass is 9.97. The number of rotatable bonds is 9. The Labute approximate surface area is 201 Å². The molecule has 33 heavy (non-hydrogen) atoms. The molecule has 0 saturated heterocycles. The molecule has 0 aliphatic carbocycles. The van der Waals surface area contributed by atoms with E-state index in [1.165, 1.54) is 16.7 Å². The van der Waals surface area contributed by atoms with E-state index in [1.807, 2.05) is 42.2 Å². The molecule has 2 aromatic rings. The molecule has 1 aliphatic heterocycles. The van der Waals surface area contributed by atoms with Crippen molar-refractivity contribution in [2.75, 3.05) is 41.3 Å². The van der Waals surface area contributed by atoms with E-state index in [1.54, 1.807) is 7.11 Å².